The van der Waals surface area contributed by atoms with Gasteiger partial charge in [0.25, 0.3) is 0 Å². The Morgan fingerprint density at radius 3 is 2.92 bits per heavy atom. The molecule has 1 aliphatic carbocycles. The van der Waals surface area contributed by atoms with Gasteiger partial charge in [-0.1, -0.05) is 24.3 Å². The molecular weight excluding hydrogens is 470 g/mol. The first kappa shape index (κ1) is 23.9. The summed E-state index contributed by atoms with van der Waals surface area (Å²) in [6.07, 6.45) is 3.58. The van der Waals surface area contributed by atoms with Gasteiger partial charge in [-0.15, -0.1) is 0 Å². The highest BCUT2D eigenvalue weighted by Crippen LogP contribution is 2.42. The van der Waals surface area contributed by atoms with Crippen molar-refractivity contribution in [1.29, 1.82) is 5.26 Å². The van der Waals surface area contributed by atoms with Gasteiger partial charge in [0.15, 0.2) is 0 Å². The quantitative estimate of drug-likeness (QED) is 0.613. The average molecular weight is 504 g/mol. The van der Waals surface area contributed by atoms with Crippen LogP contribution in [-0.2, 0) is 19.5 Å². The molecule has 2 saturated heterocycles. The van der Waals surface area contributed by atoms with Crippen LogP contribution >= 0.6 is 0 Å². The number of carbonyl (C=O) groups is 1. The topological polar surface area (TPSA) is 118 Å². The van der Waals surface area contributed by atoms with Crippen LogP contribution in [0.1, 0.15) is 54.1 Å². The van der Waals surface area contributed by atoms with Gasteiger partial charge in [0.2, 0.25) is 0 Å². The zero-order valence-electron chi connectivity index (χ0n) is 21.0. The van der Waals surface area contributed by atoms with Crippen molar-refractivity contribution in [2.75, 3.05) is 37.7 Å². The van der Waals surface area contributed by atoms with Crippen molar-refractivity contribution < 1.29 is 14.6 Å². The molecule has 1 amide bonds. The number of ether oxygens (including phenoxy) is 1. The van der Waals surface area contributed by atoms with Gasteiger partial charge < -0.3 is 25.0 Å². The first-order chi connectivity index (χ1) is 18.1. The van der Waals surface area contributed by atoms with E-state index in [1.54, 1.807) is 0 Å². The molecule has 10 nitrogen and oxygen atoms in total. The zero-order valence-corrected chi connectivity index (χ0v) is 21.0. The Balaban J connectivity index is 1.29. The number of anilines is 1. The Kier molecular flexibility index (Phi) is 6.57. The molecule has 194 valence electrons. The highest BCUT2D eigenvalue weighted by Gasteiger charge is 2.37. The van der Waals surface area contributed by atoms with E-state index < -0.39 is 12.1 Å². The van der Waals surface area contributed by atoms with Gasteiger partial charge in [-0.2, -0.15) is 15.2 Å². The molecule has 1 unspecified atom stereocenters. The van der Waals surface area contributed by atoms with Crippen LogP contribution in [0.25, 0.3) is 0 Å². The molecule has 0 spiro atoms. The maximum Gasteiger partial charge on any atom is 0.407 e. The highest BCUT2D eigenvalue weighted by atomic mass is 16.5. The Morgan fingerprint density at radius 1 is 1.22 bits per heavy atom. The van der Waals surface area contributed by atoms with Crippen LogP contribution in [0.4, 0.5) is 10.6 Å². The minimum atomic E-state index is -0.980. The lowest BCUT2D eigenvalue weighted by Gasteiger charge is -2.40. The minimum Gasteiger partial charge on any atom is -0.465 e. The fourth-order valence-electron chi connectivity index (χ4n) is 6.35. The number of hydrogen-bond donors (Lipinski definition) is 2. The van der Waals surface area contributed by atoms with E-state index in [9.17, 15) is 15.2 Å². The third-order valence-corrected chi connectivity index (χ3v) is 8.24. The van der Waals surface area contributed by atoms with E-state index in [1.807, 2.05) is 0 Å². The van der Waals surface area contributed by atoms with E-state index in [2.05, 4.69) is 45.5 Å². The molecule has 0 saturated carbocycles. The third-order valence-electron chi connectivity index (χ3n) is 8.24. The van der Waals surface area contributed by atoms with E-state index >= 15 is 0 Å². The first-order valence-electron chi connectivity index (χ1n) is 13.3. The van der Waals surface area contributed by atoms with E-state index in [-0.39, 0.29) is 6.42 Å². The molecule has 1 aromatic heterocycles. The number of piperazine rings is 1. The molecular formula is C27H33N7O3. The van der Waals surface area contributed by atoms with Crippen molar-refractivity contribution in [3.63, 3.8) is 0 Å². The normalized spacial score (nSPS) is 25.1. The smallest absolute Gasteiger partial charge is 0.407 e. The summed E-state index contributed by atoms with van der Waals surface area (Å²) < 4.78 is 6.11. The number of aryl methyl sites for hydroxylation is 1. The summed E-state index contributed by atoms with van der Waals surface area (Å²) in [4.78, 5) is 27.5. The lowest BCUT2D eigenvalue weighted by Crippen LogP contribution is -2.55. The summed E-state index contributed by atoms with van der Waals surface area (Å²) >= 11 is 0. The van der Waals surface area contributed by atoms with Crippen LogP contribution < -0.4 is 15.0 Å². The summed E-state index contributed by atoms with van der Waals surface area (Å²) in [6.45, 7) is 4.31. The summed E-state index contributed by atoms with van der Waals surface area (Å²) in [5.41, 5.74) is 4.90. The van der Waals surface area contributed by atoms with Gasteiger partial charge in [-0.25, -0.2) is 4.79 Å². The van der Waals surface area contributed by atoms with Gasteiger partial charge >= 0.3 is 12.1 Å². The van der Waals surface area contributed by atoms with Crippen molar-refractivity contribution in [3.05, 3.63) is 46.6 Å². The van der Waals surface area contributed by atoms with E-state index in [0.717, 1.165) is 62.4 Å². The molecule has 4 heterocycles. The molecule has 2 N–H and O–H groups in total. The highest BCUT2D eigenvalue weighted by molar-refractivity contribution is 5.66. The van der Waals surface area contributed by atoms with Crippen molar-refractivity contribution in [1.82, 2.24) is 25.1 Å². The molecule has 0 bridgehead atoms. The summed E-state index contributed by atoms with van der Waals surface area (Å²) in [5.74, 6) is 0.821. The summed E-state index contributed by atoms with van der Waals surface area (Å²) in [5, 5.41) is 22.4. The second-order valence-corrected chi connectivity index (χ2v) is 10.5. The zero-order chi connectivity index (χ0) is 25.4. The lowest BCUT2D eigenvalue weighted by atomic mass is 10.1. The fraction of sp³-hybridized carbons (Fsp3) is 0.556. The molecule has 3 atom stereocenters. The van der Waals surface area contributed by atoms with Crippen LogP contribution in [0, 0.1) is 11.3 Å². The van der Waals surface area contributed by atoms with Gasteiger partial charge in [0.1, 0.15) is 12.4 Å². The maximum absolute atomic E-state index is 11.8. The van der Waals surface area contributed by atoms with Crippen molar-refractivity contribution in [3.8, 4) is 12.1 Å². The van der Waals surface area contributed by atoms with Crippen LogP contribution in [0.2, 0.25) is 0 Å². The molecule has 3 aliphatic heterocycles. The second kappa shape index (κ2) is 10.1. The standard InChI is InChI=1S/C27H33N7O3/c28-10-9-20-14-32(12-13-34(20)27(35)36)25-22-15-33(24-8-7-18-4-1-2-6-21(18)24)16-23(22)30-26(31-25)37-17-19-5-3-11-29-19/h1-2,4,6,19-20,24,29H,3,5,7-9,11-17H2,(H,35,36)/t19-,20-,24?/m0/s1. The van der Waals surface area contributed by atoms with Gasteiger partial charge in [-0.3, -0.25) is 4.90 Å². The molecule has 0 radical (unpaired) electrons. The van der Waals surface area contributed by atoms with E-state index in [4.69, 9.17) is 14.7 Å². The van der Waals surface area contributed by atoms with Gasteiger partial charge in [-0.05, 0) is 43.4 Å². The predicted octanol–water partition coefficient (Wildman–Crippen LogP) is 2.69. The Labute approximate surface area is 216 Å². The van der Waals surface area contributed by atoms with Crippen molar-refractivity contribution >= 4 is 11.9 Å². The molecule has 10 heteroatoms. The number of benzene rings is 1. The Bertz CT molecular complexity index is 1210. The minimum absolute atomic E-state index is 0.151. The monoisotopic (exact) mass is 503 g/mol. The molecule has 6 rings (SSSR count). The van der Waals surface area contributed by atoms with Gasteiger partial charge in [0, 0.05) is 50.4 Å². The molecule has 2 fully saturated rings. The second-order valence-electron chi connectivity index (χ2n) is 10.5. The number of rotatable bonds is 6. The molecule has 1 aromatic carbocycles. The number of amides is 1. The predicted molar refractivity (Wildman–Crippen MR) is 136 cm³/mol. The molecule has 4 aliphatic rings. The van der Waals surface area contributed by atoms with Crippen LogP contribution in [0.5, 0.6) is 6.01 Å². The number of nitrogens with one attached hydrogen (secondary N) is 1. The lowest BCUT2D eigenvalue weighted by molar-refractivity contribution is 0.119. The summed E-state index contributed by atoms with van der Waals surface area (Å²) in [7, 11) is 0. The molecule has 37 heavy (non-hydrogen) atoms. The molecule has 2 aromatic rings. The van der Waals surface area contributed by atoms with Crippen LogP contribution in [0.3, 0.4) is 0 Å². The number of carboxylic acid groups (broad SMARTS) is 1. The SMILES string of the molecule is N#CC[C@H]1CN(c2nc(OC[C@@H]3CCCN3)nc3c2CN(C2CCc4ccccc42)C3)CCN1C(=O)O. The number of nitriles is 1. The summed E-state index contributed by atoms with van der Waals surface area (Å²) in [6, 6.07) is 11.5. The van der Waals surface area contributed by atoms with Crippen LogP contribution in [0.15, 0.2) is 24.3 Å². The van der Waals surface area contributed by atoms with Gasteiger partial charge in [0.05, 0.1) is 24.2 Å². The Morgan fingerprint density at radius 2 is 2.11 bits per heavy atom. The number of nitrogens with zero attached hydrogens (tertiary/aromatic N) is 6. The number of hydrogen-bond acceptors (Lipinski definition) is 8. The van der Waals surface area contributed by atoms with Crippen LogP contribution in [-0.4, -0.2) is 75.8 Å². The van der Waals surface area contributed by atoms with E-state index in [1.165, 1.54) is 16.0 Å². The fourth-order valence-corrected chi connectivity index (χ4v) is 6.35. The largest absolute Gasteiger partial charge is 0.465 e. The average Bonchev–Trinajstić information content (AvgIpc) is 3.66. The Hall–Kier alpha value is -3.42. The first-order valence-corrected chi connectivity index (χ1v) is 13.3. The number of fused-ring (bicyclic) bond motifs is 2. The van der Waals surface area contributed by atoms with Crippen molar-refractivity contribution in [2.45, 2.75) is 63.3 Å². The van der Waals surface area contributed by atoms with E-state index in [0.29, 0.717) is 44.3 Å². The number of aromatic nitrogens is 2. The maximum atomic E-state index is 11.8. The third kappa shape index (κ3) is 4.69. The van der Waals surface area contributed by atoms with Crippen molar-refractivity contribution in [2.24, 2.45) is 0 Å².